The zero-order valence-corrected chi connectivity index (χ0v) is 42.4. The van der Waals surface area contributed by atoms with Crippen LogP contribution in [0, 0.1) is 0 Å². The molecule has 0 aromatic rings. The molecule has 0 radical (unpaired) electrons. The third kappa shape index (κ3) is 12.0. The molecule has 0 N–H and O–H groups in total. The van der Waals surface area contributed by atoms with Crippen LogP contribution in [-0.4, -0.2) is 179 Å². The number of alkyl halides is 64. The zero-order valence-electron chi connectivity index (χ0n) is 42.4. The number of hydrogen-bond acceptors (Lipinski definition) is 1. The van der Waals surface area contributed by atoms with Gasteiger partial charge in [-0.05, 0) is 0 Å². The van der Waals surface area contributed by atoms with Crippen molar-refractivity contribution in [3.05, 3.63) is 22.8 Å². The molecule has 0 aliphatic carbocycles. The van der Waals surface area contributed by atoms with E-state index < -0.39 is 202 Å². The molecular formula is C34F66O. The number of rotatable bonds is 28. The summed E-state index contributed by atoms with van der Waals surface area (Å²) in [6.07, 6.45) is -56.6. The zero-order chi connectivity index (χ0) is 84.0. The molecule has 101 heavy (non-hydrogen) atoms. The van der Waals surface area contributed by atoms with E-state index in [1.165, 1.54) is 0 Å². The summed E-state index contributed by atoms with van der Waals surface area (Å²) in [5.41, 5.74) is -15.8. The Labute approximate surface area is 497 Å². The second kappa shape index (κ2) is 23.7. The topological polar surface area (TPSA) is 9.23 Å². The van der Waals surface area contributed by atoms with Crippen molar-refractivity contribution in [2.45, 2.75) is 179 Å². The lowest BCUT2D eigenvalue weighted by Crippen LogP contribution is -2.78. The Hall–Kier alpha value is -5.18. The van der Waals surface area contributed by atoms with Crippen LogP contribution in [0.25, 0.3) is 0 Å². The van der Waals surface area contributed by atoms with Gasteiger partial charge in [0.15, 0.2) is 0 Å². The molecule has 0 saturated heterocycles. The molecule has 0 atom stereocenters. The Balaban J connectivity index is 9.31. The highest BCUT2D eigenvalue weighted by molar-refractivity contribution is 5.37. The number of hydrogen-bond donors (Lipinski definition) is 0. The van der Waals surface area contributed by atoms with Crippen LogP contribution in [0.1, 0.15) is 0 Å². The van der Waals surface area contributed by atoms with Gasteiger partial charge in [-0.15, -0.1) is 0 Å². The van der Waals surface area contributed by atoms with Crippen LogP contribution in [0.5, 0.6) is 0 Å². The molecule has 0 heterocycles. The predicted molar refractivity (Wildman–Crippen MR) is 170 cm³/mol. The van der Waals surface area contributed by atoms with Crippen LogP contribution in [0.3, 0.4) is 0 Å². The Morgan fingerprint density at radius 1 is 0.129 bits per heavy atom. The highest BCUT2D eigenvalue weighted by atomic mass is 19.5. The first-order valence-electron chi connectivity index (χ1n) is 20.9. The van der Waals surface area contributed by atoms with Gasteiger partial charge in [0.25, 0.3) is 0 Å². The summed E-state index contributed by atoms with van der Waals surface area (Å²) in [5, 5.41) is 0. The normalized spacial score (nSPS) is 17.8. The highest BCUT2D eigenvalue weighted by Crippen LogP contribution is 2.73. The Morgan fingerprint density at radius 3 is 0.347 bits per heavy atom. The molecule has 0 aromatic heterocycles. The lowest BCUT2D eigenvalue weighted by molar-refractivity contribution is -0.481. The molecule has 0 unspecified atom stereocenters. The predicted octanol–water partition coefficient (Wildman–Crippen LogP) is 22.1. The first-order valence-corrected chi connectivity index (χ1v) is 20.9. The fourth-order valence-corrected chi connectivity index (χ4v) is 5.99. The van der Waals surface area contributed by atoms with Crippen molar-refractivity contribution in [1.29, 1.82) is 0 Å². The van der Waals surface area contributed by atoms with Crippen LogP contribution in [0.2, 0.25) is 0 Å². The second-order valence-corrected chi connectivity index (χ2v) is 18.3. The third-order valence-electron chi connectivity index (χ3n) is 11.8. The highest BCUT2D eigenvalue weighted by Gasteiger charge is 3.03. The Kier molecular flexibility index (Phi) is 22.4. The maximum Gasteiger partial charge on any atom is 0.460 e. The molecule has 1 nitrogen and oxygen atoms in total. The SMILES string of the molecule is FC(=C(C(F)(F)C(F)(F)F)C(F)(F)C(F)(F)C(F)(F)C(F)(F)C(F)(F)C(F)(F)C(F)(F)C(F)(F)C(F)(F)C(F)(F)C(F)(F)C(F)(F)F)C(F)(F)OC(F)(F)C(F)=C(C(F)(F)C(F)(F)F)C(F)(F)C(F)(F)C(F)(F)C(F)(F)C(F)(F)C(F)(F)C(F)(F)C(F)(F)C(F)(F)C(F)(F)C(F)(F)C(F)(F)F. The van der Waals surface area contributed by atoms with Crippen molar-refractivity contribution < 1.29 is 295 Å². The molecule has 0 aliphatic heterocycles. The van der Waals surface area contributed by atoms with Crippen LogP contribution in [0.15, 0.2) is 22.8 Å². The average Bonchev–Trinajstić information content (AvgIpc) is 0.685. The molecule has 0 aliphatic rings. The van der Waals surface area contributed by atoms with E-state index in [0.717, 1.165) is 0 Å². The minimum atomic E-state index is -11.1. The van der Waals surface area contributed by atoms with Gasteiger partial charge in [-0.1, -0.05) is 0 Å². The first-order chi connectivity index (χ1) is 42.3. The molecule has 0 aromatic carbocycles. The molecule has 604 valence electrons. The van der Waals surface area contributed by atoms with E-state index in [2.05, 4.69) is 0 Å². The first kappa shape index (κ1) is 95.8. The van der Waals surface area contributed by atoms with Gasteiger partial charge >= 0.3 is 179 Å². The van der Waals surface area contributed by atoms with Gasteiger partial charge in [0.2, 0.25) is 11.7 Å². The molecule has 67 heteroatoms. The van der Waals surface area contributed by atoms with Gasteiger partial charge in [-0.25, -0.2) is 13.5 Å². The van der Waals surface area contributed by atoms with E-state index in [0.29, 0.717) is 4.74 Å². The van der Waals surface area contributed by atoms with Gasteiger partial charge in [0.1, 0.15) is 11.1 Å². The Morgan fingerprint density at radius 2 is 0.238 bits per heavy atom. The summed E-state index contributed by atoms with van der Waals surface area (Å²) in [5.74, 6) is -268. The van der Waals surface area contributed by atoms with Crippen molar-refractivity contribution in [1.82, 2.24) is 0 Å². The molecule has 0 bridgehead atoms. The van der Waals surface area contributed by atoms with E-state index in [1.54, 1.807) is 0 Å². The summed E-state index contributed by atoms with van der Waals surface area (Å²) in [4.78, 5) is 0. The largest absolute Gasteiger partial charge is 0.460 e. The van der Waals surface area contributed by atoms with Crippen LogP contribution in [0.4, 0.5) is 290 Å². The smallest absolute Gasteiger partial charge is 0.243 e. The van der Waals surface area contributed by atoms with Crippen molar-refractivity contribution in [2.24, 2.45) is 0 Å². The minimum Gasteiger partial charge on any atom is -0.243 e. The van der Waals surface area contributed by atoms with Crippen LogP contribution in [-0.2, 0) is 4.74 Å². The van der Waals surface area contributed by atoms with Gasteiger partial charge in [0, 0.05) is 0 Å². The molecule has 0 spiro atoms. The summed E-state index contributed by atoms with van der Waals surface area (Å²) >= 11 is 0. The van der Waals surface area contributed by atoms with Gasteiger partial charge in [-0.2, -0.15) is 281 Å². The van der Waals surface area contributed by atoms with Gasteiger partial charge in [0.05, 0.1) is 0 Å². The molecule has 0 rings (SSSR count). The second-order valence-electron chi connectivity index (χ2n) is 18.3. The molecule has 0 amide bonds. The fourth-order valence-electron chi connectivity index (χ4n) is 5.99. The summed E-state index contributed by atoms with van der Waals surface area (Å²) in [7, 11) is 0. The summed E-state index contributed by atoms with van der Waals surface area (Å²) in [6.45, 7) is 0. The maximum absolute atomic E-state index is 14.9. The fraction of sp³-hybridized carbons (Fsp3) is 0.882. The van der Waals surface area contributed by atoms with Crippen molar-refractivity contribution >= 4 is 0 Å². The van der Waals surface area contributed by atoms with Gasteiger partial charge in [-0.3, -0.25) is 0 Å². The van der Waals surface area contributed by atoms with E-state index in [9.17, 15) is 290 Å². The van der Waals surface area contributed by atoms with Crippen LogP contribution < -0.4 is 0 Å². The molecular weight excluding hydrogens is 1680 g/mol. The van der Waals surface area contributed by atoms with E-state index >= 15 is 0 Å². The van der Waals surface area contributed by atoms with E-state index in [-0.39, 0.29) is 0 Å². The Bertz CT molecular complexity index is 2850. The summed E-state index contributed by atoms with van der Waals surface area (Å²) < 4.78 is 916. The minimum absolute atomic E-state index is 0.410. The van der Waals surface area contributed by atoms with Crippen molar-refractivity contribution in [3.8, 4) is 0 Å². The number of halogens is 66. The monoisotopic (exact) mass is 1680 g/mol. The van der Waals surface area contributed by atoms with Crippen molar-refractivity contribution in [3.63, 3.8) is 0 Å². The van der Waals surface area contributed by atoms with E-state index in [1.807, 2.05) is 0 Å². The lowest BCUT2D eigenvalue weighted by Gasteiger charge is -2.46. The average molecular weight is 1680 g/mol. The third-order valence-corrected chi connectivity index (χ3v) is 11.8. The van der Waals surface area contributed by atoms with Crippen LogP contribution >= 0.6 is 0 Å². The van der Waals surface area contributed by atoms with E-state index in [4.69, 9.17) is 0 Å². The maximum atomic E-state index is 14.9. The number of ether oxygens (including phenoxy) is 1. The molecule has 0 saturated carbocycles. The number of allylic oxidation sites excluding steroid dienone is 2. The van der Waals surface area contributed by atoms with Gasteiger partial charge < -0.3 is 0 Å². The summed E-state index contributed by atoms with van der Waals surface area (Å²) in [6, 6.07) is 0. The quantitative estimate of drug-likeness (QED) is 0.0710. The lowest BCUT2D eigenvalue weighted by atomic mass is 9.83. The van der Waals surface area contributed by atoms with Crippen molar-refractivity contribution in [2.75, 3.05) is 0 Å². The molecule has 0 fully saturated rings. The standard InChI is InChI=1S/C34F66O/c35-3(1(7(41,42)31(89,90)91)5(37,38)11(49,50)13(53,54)15(57,58)17(61,62)19(65,66)21(69,70)23(73,74)25(77,78)27(81,82)29(85,86)33(95,96)97)9(45,46)101-10(47,48)4(36)2(8(43,44)32(92,93)94)6(39,40)12(51,52)14(55,56)16(59,60)18(63,64)20(67,68)22(71,72)24(75,76)26(79,80)28(83,84)30(87,88)34(98,99)100.